The molecule has 0 fully saturated rings. The summed E-state index contributed by atoms with van der Waals surface area (Å²) in [5, 5.41) is 6.21. The van der Waals surface area contributed by atoms with Crippen LogP contribution in [0.3, 0.4) is 0 Å². The van der Waals surface area contributed by atoms with Gasteiger partial charge >= 0.3 is 0 Å². The predicted molar refractivity (Wildman–Crippen MR) is 78.8 cm³/mol. The molecule has 0 aliphatic carbocycles. The van der Waals surface area contributed by atoms with E-state index in [1.54, 1.807) is 7.11 Å². The first kappa shape index (κ1) is 13.1. The molecule has 0 saturated carbocycles. The molecule has 102 valence electrons. The second-order valence-electron chi connectivity index (χ2n) is 4.62. The topological polar surface area (TPSA) is 39.9 Å². The minimum absolute atomic E-state index is 0.529. The summed E-state index contributed by atoms with van der Waals surface area (Å²) in [5.41, 5.74) is 2.93. The van der Waals surface area contributed by atoms with Gasteiger partial charge in [-0.05, 0) is 29.8 Å². The number of aromatic nitrogens is 3. The Kier molecular flexibility index (Phi) is 3.67. The second kappa shape index (κ2) is 5.61. The lowest BCUT2D eigenvalue weighted by molar-refractivity contribution is 0.181. The van der Waals surface area contributed by atoms with E-state index < -0.39 is 0 Å². The van der Waals surface area contributed by atoms with Crippen LogP contribution in [-0.4, -0.2) is 21.9 Å². The van der Waals surface area contributed by atoms with Gasteiger partial charge in [-0.15, -0.1) is 0 Å². The van der Waals surface area contributed by atoms with Crippen molar-refractivity contribution in [2.24, 2.45) is 0 Å². The molecule has 0 radical (unpaired) electrons. The highest BCUT2D eigenvalue weighted by Crippen LogP contribution is 2.18. The van der Waals surface area contributed by atoms with Gasteiger partial charge in [0.1, 0.15) is 0 Å². The van der Waals surface area contributed by atoms with E-state index >= 15 is 0 Å². The summed E-state index contributed by atoms with van der Waals surface area (Å²) >= 11 is 5.95. The van der Waals surface area contributed by atoms with Crippen molar-refractivity contribution in [2.45, 2.75) is 13.2 Å². The van der Waals surface area contributed by atoms with Crippen molar-refractivity contribution in [3.63, 3.8) is 0 Å². The Balaban J connectivity index is 1.84. The highest BCUT2D eigenvalue weighted by molar-refractivity contribution is 6.31. The molecule has 0 amide bonds. The van der Waals surface area contributed by atoms with Crippen LogP contribution in [0.15, 0.2) is 42.7 Å². The minimum Gasteiger partial charge on any atom is -0.378 e. The average Bonchev–Trinajstić information content (AvgIpc) is 2.87. The van der Waals surface area contributed by atoms with E-state index in [4.69, 9.17) is 16.3 Å². The Morgan fingerprint density at radius 3 is 3.00 bits per heavy atom. The van der Waals surface area contributed by atoms with Crippen LogP contribution in [0.25, 0.3) is 10.9 Å². The van der Waals surface area contributed by atoms with Crippen LogP contribution in [0.2, 0.25) is 5.02 Å². The lowest BCUT2D eigenvalue weighted by Crippen LogP contribution is -2.02. The monoisotopic (exact) mass is 287 g/mol. The average molecular weight is 288 g/mol. The van der Waals surface area contributed by atoms with Gasteiger partial charge in [0.2, 0.25) is 0 Å². The van der Waals surface area contributed by atoms with Crippen molar-refractivity contribution < 1.29 is 4.74 Å². The van der Waals surface area contributed by atoms with E-state index in [0.717, 1.165) is 22.2 Å². The van der Waals surface area contributed by atoms with Crippen molar-refractivity contribution in [1.29, 1.82) is 0 Å². The first-order valence-electron chi connectivity index (χ1n) is 6.30. The molecule has 0 aliphatic rings. The SMILES string of the molecule is COCc1ccn(Cc2cnc3cc(Cl)ccc3c2)n1. The number of halogens is 1. The number of ether oxygens (including phenoxy) is 1. The number of benzene rings is 1. The number of hydrogen-bond donors (Lipinski definition) is 0. The number of hydrogen-bond acceptors (Lipinski definition) is 3. The third-order valence-corrected chi connectivity index (χ3v) is 3.27. The summed E-state index contributed by atoms with van der Waals surface area (Å²) in [6, 6.07) is 9.78. The molecule has 1 aromatic carbocycles. The quantitative estimate of drug-likeness (QED) is 0.739. The molecule has 3 rings (SSSR count). The van der Waals surface area contributed by atoms with Gasteiger partial charge in [0.15, 0.2) is 0 Å². The Bertz CT molecular complexity index is 739. The molecule has 0 bridgehead atoms. The molecule has 0 N–H and O–H groups in total. The van der Waals surface area contributed by atoms with Crippen molar-refractivity contribution in [3.05, 3.63) is 59.0 Å². The molecule has 0 aliphatic heterocycles. The highest BCUT2D eigenvalue weighted by atomic mass is 35.5. The molecular weight excluding hydrogens is 274 g/mol. The van der Waals surface area contributed by atoms with Crippen LogP contribution in [-0.2, 0) is 17.9 Å². The maximum absolute atomic E-state index is 5.95. The fraction of sp³-hybridized carbons (Fsp3) is 0.200. The lowest BCUT2D eigenvalue weighted by Gasteiger charge is -2.04. The summed E-state index contributed by atoms with van der Waals surface area (Å²) in [4.78, 5) is 4.43. The van der Waals surface area contributed by atoms with Gasteiger partial charge < -0.3 is 4.74 Å². The maximum atomic E-state index is 5.95. The zero-order chi connectivity index (χ0) is 13.9. The van der Waals surface area contributed by atoms with Crippen LogP contribution >= 0.6 is 11.6 Å². The number of pyridine rings is 1. The van der Waals surface area contributed by atoms with Crippen molar-refractivity contribution in [1.82, 2.24) is 14.8 Å². The fourth-order valence-electron chi connectivity index (χ4n) is 2.13. The van der Waals surface area contributed by atoms with Crippen LogP contribution in [0, 0.1) is 0 Å². The molecule has 0 atom stereocenters. The molecule has 0 spiro atoms. The van der Waals surface area contributed by atoms with Gasteiger partial charge in [-0.2, -0.15) is 5.10 Å². The Hall–Kier alpha value is -1.91. The summed E-state index contributed by atoms with van der Waals surface area (Å²) < 4.78 is 6.94. The van der Waals surface area contributed by atoms with E-state index in [2.05, 4.69) is 16.1 Å². The second-order valence-corrected chi connectivity index (χ2v) is 5.05. The molecule has 4 nitrogen and oxygen atoms in total. The number of methoxy groups -OCH3 is 1. The van der Waals surface area contributed by atoms with Crippen LogP contribution < -0.4 is 0 Å². The molecule has 2 heterocycles. The Labute approximate surface area is 122 Å². The zero-order valence-electron chi connectivity index (χ0n) is 11.1. The van der Waals surface area contributed by atoms with E-state index in [0.29, 0.717) is 18.2 Å². The lowest BCUT2D eigenvalue weighted by atomic mass is 10.1. The van der Waals surface area contributed by atoms with E-state index in [9.17, 15) is 0 Å². The van der Waals surface area contributed by atoms with Crippen LogP contribution in [0.1, 0.15) is 11.3 Å². The smallest absolute Gasteiger partial charge is 0.0902 e. The van der Waals surface area contributed by atoms with Gasteiger partial charge in [0.25, 0.3) is 0 Å². The first-order valence-corrected chi connectivity index (χ1v) is 6.68. The van der Waals surface area contributed by atoms with Crippen LogP contribution in [0.5, 0.6) is 0 Å². The Morgan fingerprint density at radius 1 is 1.25 bits per heavy atom. The normalized spacial score (nSPS) is 11.1. The maximum Gasteiger partial charge on any atom is 0.0902 e. The van der Waals surface area contributed by atoms with Gasteiger partial charge in [0, 0.05) is 29.9 Å². The molecule has 3 aromatic rings. The highest BCUT2D eigenvalue weighted by Gasteiger charge is 2.02. The van der Waals surface area contributed by atoms with Gasteiger partial charge in [0.05, 0.1) is 24.4 Å². The minimum atomic E-state index is 0.529. The number of nitrogens with zero attached hydrogens (tertiary/aromatic N) is 3. The largest absolute Gasteiger partial charge is 0.378 e. The van der Waals surface area contributed by atoms with Gasteiger partial charge in [-0.1, -0.05) is 17.7 Å². The number of rotatable bonds is 4. The van der Waals surface area contributed by atoms with E-state index in [1.807, 2.05) is 41.3 Å². The van der Waals surface area contributed by atoms with Crippen LogP contribution in [0.4, 0.5) is 0 Å². The summed E-state index contributed by atoms with van der Waals surface area (Å²) in [7, 11) is 1.66. The van der Waals surface area contributed by atoms with E-state index in [-0.39, 0.29) is 0 Å². The molecule has 20 heavy (non-hydrogen) atoms. The molecule has 5 heteroatoms. The predicted octanol–water partition coefficient (Wildman–Crippen LogP) is 3.28. The van der Waals surface area contributed by atoms with Crippen molar-refractivity contribution in [3.8, 4) is 0 Å². The summed E-state index contributed by atoms with van der Waals surface area (Å²) in [5.74, 6) is 0. The zero-order valence-corrected chi connectivity index (χ0v) is 11.8. The molecular formula is C15H14ClN3O. The molecule has 0 unspecified atom stereocenters. The third kappa shape index (κ3) is 2.81. The van der Waals surface area contributed by atoms with Gasteiger partial charge in [-0.25, -0.2) is 0 Å². The fourth-order valence-corrected chi connectivity index (χ4v) is 2.30. The number of fused-ring (bicyclic) bond motifs is 1. The van der Waals surface area contributed by atoms with Gasteiger partial charge in [-0.3, -0.25) is 9.67 Å². The third-order valence-electron chi connectivity index (χ3n) is 3.04. The van der Waals surface area contributed by atoms with Crippen molar-refractivity contribution >= 4 is 22.5 Å². The summed E-state index contributed by atoms with van der Waals surface area (Å²) in [6.45, 7) is 1.22. The first-order chi connectivity index (χ1) is 9.74. The molecule has 2 aromatic heterocycles. The summed E-state index contributed by atoms with van der Waals surface area (Å²) in [6.07, 6.45) is 3.80. The van der Waals surface area contributed by atoms with E-state index in [1.165, 1.54) is 0 Å². The Morgan fingerprint density at radius 2 is 2.15 bits per heavy atom. The molecule has 0 saturated heterocycles. The standard InChI is InChI=1S/C15H14ClN3O/c1-20-10-14-4-5-19(18-14)9-11-6-12-2-3-13(16)7-15(12)17-8-11/h2-8H,9-10H2,1H3. The van der Waals surface area contributed by atoms with Crippen molar-refractivity contribution in [2.75, 3.05) is 7.11 Å².